The molecule has 0 fully saturated rings. The van der Waals surface area contributed by atoms with E-state index < -0.39 is 15.8 Å². The molecule has 0 atom stereocenters. The fraction of sp³-hybridized carbons (Fsp3) is 0.235. The van der Waals surface area contributed by atoms with Crippen molar-refractivity contribution in [1.29, 1.82) is 0 Å². The number of benzene rings is 2. The maximum absolute atomic E-state index is 12.9. The molecule has 0 radical (unpaired) electrons. The van der Waals surface area contributed by atoms with Crippen molar-refractivity contribution in [3.05, 3.63) is 52.3 Å². The SMILES string of the molecule is CCOc1cc(/C=N\NS(=O)(=O)c2ccc(F)cc2)cc(Br)c1OCC. The van der Waals surface area contributed by atoms with Gasteiger partial charge < -0.3 is 9.47 Å². The van der Waals surface area contributed by atoms with Crippen molar-refractivity contribution in [2.75, 3.05) is 13.2 Å². The molecule has 0 amide bonds. The van der Waals surface area contributed by atoms with Gasteiger partial charge in [-0.05, 0) is 71.7 Å². The standard InChI is InChI=1S/C17H18BrFN2O4S/c1-3-24-16-10-12(9-15(18)17(16)25-4-2)11-20-21-26(22,23)14-7-5-13(19)6-8-14/h5-11,21H,3-4H2,1-2H3/b20-11-. The minimum absolute atomic E-state index is 0.0843. The largest absolute Gasteiger partial charge is 0.490 e. The van der Waals surface area contributed by atoms with Crippen molar-refractivity contribution in [1.82, 2.24) is 4.83 Å². The highest BCUT2D eigenvalue weighted by Crippen LogP contribution is 2.36. The predicted molar refractivity (Wildman–Crippen MR) is 101 cm³/mol. The number of rotatable bonds is 8. The summed E-state index contributed by atoms with van der Waals surface area (Å²) in [6, 6.07) is 7.87. The lowest BCUT2D eigenvalue weighted by molar-refractivity contribution is 0.286. The highest BCUT2D eigenvalue weighted by Gasteiger charge is 2.13. The molecule has 1 N–H and O–H groups in total. The lowest BCUT2D eigenvalue weighted by atomic mass is 10.2. The van der Waals surface area contributed by atoms with Crippen LogP contribution in [-0.4, -0.2) is 27.8 Å². The molecule has 0 aliphatic heterocycles. The van der Waals surface area contributed by atoms with E-state index in [1.807, 2.05) is 13.8 Å². The van der Waals surface area contributed by atoms with E-state index in [0.717, 1.165) is 24.3 Å². The molecule has 2 rings (SSSR count). The second-order valence-corrected chi connectivity index (χ2v) is 7.52. The Hall–Kier alpha value is -2.13. The molecule has 6 nitrogen and oxygen atoms in total. The molecule has 0 bridgehead atoms. The fourth-order valence-electron chi connectivity index (χ4n) is 2.05. The van der Waals surface area contributed by atoms with E-state index in [4.69, 9.17) is 9.47 Å². The molecule has 26 heavy (non-hydrogen) atoms. The number of hydrogen-bond acceptors (Lipinski definition) is 5. The first-order valence-electron chi connectivity index (χ1n) is 7.77. The minimum Gasteiger partial charge on any atom is -0.490 e. The zero-order valence-electron chi connectivity index (χ0n) is 14.2. The van der Waals surface area contributed by atoms with Gasteiger partial charge in [0.25, 0.3) is 10.0 Å². The van der Waals surface area contributed by atoms with E-state index >= 15 is 0 Å². The third-order valence-corrected chi connectivity index (χ3v) is 4.96. The maximum atomic E-state index is 12.9. The van der Waals surface area contributed by atoms with Gasteiger partial charge in [0.15, 0.2) is 11.5 Å². The summed E-state index contributed by atoms with van der Waals surface area (Å²) >= 11 is 3.40. The predicted octanol–water partition coefficient (Wildman–Crippen LogP) is 3.70. The first-order chi connectivity index (χ1) is 12.4. The van der Waals surface area contributed by atoms with Crippen molar-refractivity contribution < 1.29 is 22.3 Å². The van der Waals surface area contributed by atoms with E-state index in [-0.39, 0.29) is 4.90 Å². The first kappa shape index (κ1) is 20.2. The third kappa shape index (κ3) is 5.18. The Balaban J connectivity index is 2.20. The summed E-state index contributed by atoms with van der Waals surface area (Å²) in [6.07, 6.45) is 1.34. The molecule has 0 saturated carbocycles. The summed E-state index contributed by atoms with van der Waals surface area (Å²) in [4.78, 5) is 2.00. The Morgan fingerprint density at radius 2 is 1.81 bits per heavy atom. The molecular formula is C17H18BrFN2O4S. The van der Waals surface area contributed by atoms with E-state index in [0.29, 0.717) is 34.7 Å². The average Bonchev–Trinajstić information content (AvgIpc) is 2.58. The van der Waals surface area contributed by atoms with E-state index in [9.17, 15) is 12.8 Å². The van der Waals surface area contributed by atoms with Gasteiger partial charge >= 0.3 is 0 Å². The van der Waals surface area contributed by atoms with Crippen LogP contribution in [0.25, 0.3) is 0 Å². The van der Waals surface area contributed by atoms with Crippen LogP contribution >= 0.6 is 15.9 Å². The van der Waals surface area contributed by atoms with Crippen LogP contribution < -0.4 is 14.3 Å². The van der Waals surface area contributed by atoms with Crippen LogP contribution in [0.2, 0.25) is 0 Å². The molecule has 2 aromatic rings. The molecule has 0 saturated heterocycles. The summed E-state index contributed by atoms with van der Waals surface area (Å²) in [5, 5.41) is 3.76. The van der Waals surface area contributed by atoms with E-state index in [1.54, 1.807) is 12.1 Å². The molecule has 0 aromatic heterocycles. The Morgan fingerprint density at radius 1 is 1.15 bits per heavy atom. The average molecular weight is 445 g/mol. The Labute approximate surface area is 160 Å². The van der Waals surface area contributed by atoms with Gasteiger partial charge in [0, 0.05) is 0 Å². The van der Waals surface area contributed by atoms with E-state index in [2.05, 4.69) is 25.9 Å². The van der Waals surface area contributed by atoms with Gasteiger partial charge in [0.1, 0.15) is 5.82 Å². The summed E-state index contributed by atoms with van der Waals surface area (Å²) in [6.45, 7) is 4.64. The van der Waals surface area contributed by atoms with Crippen molar-refractivity contribution in [2.24, 2.45) is 5.10 Å². The maximum Gasteiger partial charge on any atom is 0.276 e. The molecule has 0 heterocycles. The Bertz CT molecular complexity index is 886. The second-order valence-electron chi connectivity index (χ2n) is 5.00. The smallest absolute Gasteiger partial charge is 0.276 e. The number of hydrogen-bond donors (Lipinski definition) is 1. The highest BCUT2D eigenvalue weighted by molar-refractivity contribution is 9.10. The van der Waals surface area contributed by atoms with Gasteiger partial charge in [0.05, 0.1) is 28.8 Å². The van der Waals surface area contributed by atoms with Gasteiger partial charge in [-0.2, -0.15) is 13.5 Å². The Kier molecular flexibility index (Phi) is 6.98. The van der Waals surface area contributed by atoms with Gasteiger partial charge in [-0.3, -0.25) is 0 Å². The number of sulfonamides is 1. The molecule has 2 aromatic carbocycles. The third-order valence-electron chi connectivity index (χ3n) is 3.13. The lowest BCUT2D eigenvalue weighted by Gasteiger charge is -2.13. The van der Waals surface area contributed by atoms with Crippen LogP contribution in [0.5, 0.6) is 11.5 Å². The molecule has 0 aliphatic carbocycles. The van der Waals surface area contributed by atoms with Gasteiger partial charge in [0.2, 0.25) is 0 Å². The number of halogens is 2. The minimum atomic E-state index is -3.88. The summed E-state index contributed by atoms with van der Waals surface area (Å²) < 4.78 is 48.9. The Morgan fingerprint density at radius 3 is 2.42 bits per heavy atom. The van der Waals surface area contributed by atoms with Crippen molar-refractivity contribution in [2.45, 2.75) is 18.7 Å². The van der Waals surface area contributed by atoms with Crippen molar-refractivity contribution >= 4 is 32.2 Å². The first-order valence-corrected chi connectivity index (χ1v) is 10.0. The normalized spacial score (nSPS) is 11.5. The molecular weight excluding hydrogens is 427 g/mol. The fourth-order valence-corrected chi connectivity index (χ4v) is 3.41. The van der Waals surface area contributed by atoms with Crippen LogP contribution in [0.3, 0.4) is 0 Å². The zero-order chi connectivity index (χ0) is 19.2. The number of nitrogens with zero attached hydrogens (tertiary/aromatic N) is 1. The molecule has 140 valence electrons. The number of ether oxygens (including phenoxy) is 2. The lowest BCUT2D eigenvalue weighted by Crippen LogP contribution is -2.18. The summed E-state index contributed by atoms with van der Waals surface area (Å²) in [5.74, 6) is 0.570. The monoisotopic (exact) mass is 444 g/mol. The van der Waals surface area contributed by atoms with Gasteiger partial charge in [-0.1, -0.05) is 0 Å². The summed E-state index contributed by atoms with van der Waals surface area (Å²) in [7, 11) is -3.88. The quantitative estimate of drug-likeness (QED) is 0.497. The van der Waals surface area contributed by atoms with Crippen molar-refractivity contribution in [3.8, 4) is 11.5 Å². The number of hydrazone groups is 1. The summed E-state index contributed by atoms with van der Waals surface area (Å²) in [5.41, 5.74) is 0.602. The van der Waals surface area contributed by atoms with Gasteiger partial charge in [-0.25, -0.2) is 9.22 Å². The molecule has 9 heteroatoms. The van der Waals surface area contributed by atoms with Gasteiger partial charge in [-0.15, -0.1) is 0 Å². The van der Waals surface area contributed by atoms with Crippen LogP contribution in [-0.2, 0) is 10.0 Å². The van der Waals surface area contributed by atoms with Crippen LogP contribution in [0.15, 0.2) is 50.9 Å². The van der Waals surface area contributed by atoms with Crippen LogP contribution in [0.4, 0.5) is 4.39 Å². The van der Waals surface area contributed by atoms with Crippen LogP contribution in [0, 0.1) is 5.82 Å². The van der Waals surface area contributed by atoms with Crippen molar-refractivity contribution in [3.63, 3.8) is 0 Å². The zero-order valence-corrected chi connectivity index (χ0v) is 16.6. The highest BCUT2D eigenvalue weighted by atomic mass is 79.9. The topological polar surface area (TPSA) is 77.0 Å². The molecule has 0 spiro atoms. The van der Waals surface area contributed by atoms with Crippen LogP contribution in [0.1, 0.15) is 19.4 Å². The molecule has 0 aliphatic rings. The second kappa shape index (κ2) is 9.00. The molecule has 0 unspecified atom stereocenters. The van der Waals surface area contributed by atoms with E-state index in [1.165, 1.54) is 6.21 Å². The number of nitrogens with one attached hydrogen (secondary N) is 1.